The van der Waals surface area contributed by atoms with Crippen LogP contribution in [0.2, 0.25) is 0 Å². The van der Waals surface area contributed by atoms with Gasteiger partial charge in [0.1, 0.15) is 5.75 Å². The van der Waals surface area contributed by atoms with Gasteiger partial charge in [-0.2, -0.15) is 0 Å². The molecule has 1 N–H and O–H groups in total. The van der Waals surface area contributed by atoms with Crippen LogP contribution in [0.25, 0.3) is 0 Å². The maximum atomic E-state index is 11.2. The molecule has 0 radical (unpaired) electrons. The molecule has 1 aromatic carbocycles. The van der Waals surface area contributed by atoms with Crippen molar-refractivity contribution in [2.45, 2.75) is 12.8 Å². The maximum Gasteiger partial charge on any atom is 0.320 e. The van der Waals surface area contributed by atoms with Crippen molar-refractivity contribution in [1.82, 2.24) is 0 Å². The Morgan fingerprint density at radius 3 is 2.50 bits per heavy atom. The van der Waals surface area contributed by atoms with Gasteiger partial charge in [0.2, 0.25) is 0 Å². The minimum absolute atomic E-state index is 0.203. The molecule has 5 nitrogen and oxygen atoms in total. The van der Waals surface area contributed by atoms with Crippen LogP contribution in [-0.4, -0.2) is 30.8 Å². The van der Waals surface area contributed by atoms with E-state index in [0.29, 0.717) is 13.0 Å². The van der Waals surface area contributed by atoms with Crippen LogP contribution >= 0.6 is 0 Å². The highest BCUT2D eigenvalue weighted by molar-refractivity contribution is 5.93. The molecule has 18 heavy (non-hydrogen) atoms. The van der Waals surface area contributed by atoms with E-state index < -0.39 is 17.9 Å². The van der Waals surface area contributed by atoms with Gasteiger partial charge in [-0.15, -0.1) is 0 Å². The zero-order chi connectivity index (χ0) is 13.4. The molecular formula is C13H16O5. The molecule has 0 saturated carbocycles. The van der Waals surface area contributed by atoms with Gasteiger partial charge in [-0.25, -0.2) is 0 Å². The first kappa shape index (κ1) is 14.0. The number of esters is 1. The van der Waals surface area contributed by atoms with Crippen LogP contribution in [0.1, 0.15) is 12.8 Å². The molecule has 0 aliphatic rings. The molecule has 1 rings (SSSR count). The third-order valence-corrected chi connectivity index (χ3v) is 2.43. The number of benzene rings is 1. The summed E-state index contributed by atoms with van der Waals surface area (Å²) in [7, 11) is 1.18. The van der Waals surface area contributed by atoms with Gasteiger partial charge in [-0.1, -0.05) is 18.2 Å². The fourth-order valence-corrected chi connectivity index (χ4v) is 1.48. The molecule has 0 fully saturated rings. The number of carboxylic acid groups (broad SMARTS) is 1. The van der Waals surface area contributed by atoms with Gasteiger partial charge in [-0.3, -0.25) is 9.59 Å². The topological polar surface area (TPSA) is 72.8 Å². The Balaban J connectivity index is 2.31. The first-order valence-corrected chi connectivity index (χ1v) is 5.63. The van der Waals surface area contributed by atoms with Crippen molar-refractivity contribution in [2.24, 2.45) is 5.92 Å². The normalized spacial score (nSPS) is 11.6. The molecule has 1 aromatic rings. The van der Waals surface area contributed by atoms with E-state index in [1.807, 2.05) is 30.3 Å². The Morgan fingerprint density at radius 2 is 1.94 bits per heavy atom. The van der Waals surface area contributed by atoms with Crippen LogP contribution in [0, 0.1) is 5.92 Å². The largest absolute Gasteiger partial charge is 0.494 e. The number of rotatable bonds is 7. The molecule has 0 amide bonds. The third kappa shape index (κ3) is 4.45. The van der Waals surface area contributed by atoms with Crippen LogP contribution in [0.15, 0.2) is 30.3 Å². The van der Waals surface area contributed by atoms with E-state index in [1.165, 1.54) is 7.11 Å². The summed E-state index contributed by atoms with van der Waals surface area (Å²) in [5.41, 5.74) is 0. The number of carbonyl (C=O) groups is 2. The van der Waals surface area contributed by atoms with Crippen LogP contribution < -0.4 is 4.74 Å². The number of methoxy groups -OCH3 is 1. The summed E-state index contributed by atoms with van der Waals surface area (Å²) in [5.74, 6) is -2.28. The Labute approximate surface area is 105 Å². The zero-order valence-corrected chi connectivity index (χ0v) is 10.2. The average molecular weight is 252 g/mol. The smallest absolute Gasteiger partial charge is 0.320 e. The maximum absolute atomic E-state index is 11.2. The molecule has 5 heteroatoms. The van der Waals surface area contributed by atoms with E-state index in [-0.39, 0.29) is 6.42 Å². The molecule has 0 saturated heterocycles. The van der Waals surface area contributed by atoms with Crippen LogP contribution in [-0.2, 0) is 14.3 Å². The molecule has 0 aliphatic carbocycles. The summed E-state index contributed by atoms with van der Waals surface area (Å²) < 4.78 is 9.83. The zero-order valence-electron chi connectivity index (χ0n) is 10.2. The summed E-state index contributed by atoms with van der Waals surface area (Å²) in [5, 5.41) is 8.85. The highest BCUT2D eigenvalue weighted by atomic mass is 16.5. The minimum Gasteiger partial charge on any atom is -0.494 e. The molecule has 98 valence electrons. The summed E-state index contributed by atoms with van der Waals surface area (Å²) >= 11 is 0. The van der Waals surface area contributed by atoms with Crippen molar-refractivity contribution in [3.63, 3.8) is 0 Å². The number of ether oxygens (including phenoxy) is 2. The van der Waals surface area contributed by atoms with Gasteiger partial charge in [-0.05, 0) is 25.0 Å². The fraction of sp³-hybridized carbons (Fsp3) is 0.385. The predicted octanol–water partition coefficient (Wildman–Crippen LogP) is 1.72. The van der Waals surface area contributed by atoms with Crippen LogP contribution in [0.5, 0.6) is 5.75 Å². The van der Waals surface area contributed by atoms with E-state index in [4.69, 9.17) is 9.84 Å². The Morgan fingerprint density at radius 1 is 1.28 bits per heavy atom. The molecule has 0 heterocycles. The van der Waals surface area contributed by atoms with Crippen molar-refractivity contribution < 1.29 is 24.2 Å². The van der Waals surface area contributed by atoms with Crippen molar-refractivity contribution >= 4 is 11.9 Å². The van der Waals surface area contributed by atoms with Crippen LogP contribution in [0.3, 0.4) is 0 Å². The van der Waals surface area contributed by atoms with Crippen molar-refractivity contribution in [3.8, 4) is 5.75 Å². The second kappa shape index (κ2) is 7.32. The standard InChI is InChI=1S/C13H16O5/c1-17-13(16)11(12(14)15)8-5-9-18-10-6-3-2-4-7-10/h2-4,6-7,11H,5,8-9H2,1H3,(H,14,15). The van der Waals surface area contributed by atoms with Crippen molar-refractivity contribution in [1.29, 1.82) is 0 Å². The molecule has 1 atom stereocenters. The lowest BCUT2D eigenvalue weighted by molar-refractivity contribution is -0.157. The highest BCUT2D eigenvalue weighted by Crippen LogP contribution is 2.12. The highest BCUT2D eigenvalue weighted by Gasteiger charge is 2.26. The van der Waals surface area contributed by atoms with Gasteiger partial charge in [0.15, 0.2) is 5.92 Å². The van der Waals surface area contributed by atoms with Gasteiger partial charge in [0.05, 0.1) is 13.7 Å². The lowest BCUT2D eigenvalue weighted by Crippen LogP contribution is -2.25. The lowest BCUT2D eigenvalue weighted by Gasteiger charge is -2.10. The Kier molecular flexibility index (Phi) is 5.70. The fourth-order valence-electron chi connectivity index (χ4n) is 1.48. The summed E-state index contributed by atoms with van der Waals surface area (Å²) in [6, 6.07) is 9.21. The SMILES string of the molecule is COC(=O)C(CCCOc1ccccc1)C(=O)O. The summed E-state index contributed by atoms with van der Waals surface area (Å²) in [4.78, 5) is 22.0. The first-order valence-electron chi connectivity index (χ1n) is 5.63. The van der Waals surface area contributed by atoms with Gasteiger partial charge < -0.3 is 14.6 Å². The van der Waals surface area contributed by atoms with E-state index in [0.717, 1.165) is 5.75 Å². The molecule has 1 unspecified atom stereocenters. The molecule has 0 aromatic heterocycles. The molecular weight excluding hydrogens is 236 g/mol. The van der Waals surface area contributed by atoms with Gasteiger partial charge in [0.25, 0.3) is 0 Å². The van der Waals surface area contributed by atoms with Gasteiger partial charge >= 0.3 is 11.9 Å². The molecule has 0 spiro atoms. The van der Waals surface area contributed by atoms with Crippen molar-refractivity contribution in [3.05, 3.63) is 30.3 Å². The molecule has 0 aliphatic heterocycles. The van der Waals surface area contributed by atoms with E-state index in [1.54, 1.807) is 0 Å². The number of para-hydroxylation sites is 1. The monoisotopic (exact) mass is 252 g/mol. The number of carbonyl (C=O) groups excluding carboxylic acids is 1. The van der Waals surface area contributed by atoms with Crippen molar-refractivity contribution in [2.75, 3.05) is 13.7 Å². The second-order valence-electron chi connectivity index (χ2n) is 3.72. The number of hydrogen-bond donors (Lipinski definition) is 1. The van der Waals surface area contributed by atoms with E-state index in [9.17, 15) is 9.59 Å². The summed E-state index contributed by atoms with van der Waals surface area (Å²) in [6.07, 6.45) is 0.676. The van der Waals surface area contributed by atoms with Crippen LogP contribution in [0.4, 0.5) is 0 Å². The predicted molar refractivity (Wildman–Crippen MR) is 64.3 cm³/mol. The third-order valence-electron chi connectivity index (χ3n) is 2.43. The first-order chi connectivity index (χ1) is 8.65. The number of carboxylic acids is 1. The van der Waals surface area contributed by atoms with E-state index >= 15 is 0 Å². The number of hydrogen-bond acceptors (Lipinski definition) is 4. The van der Waals surface area contributed by atoms with Gasteiger partial charge in [0, 0.05) is 0 Å². The Hall–Kier alpha value is -2.04. The second-order valence-corrected chi connectivity index (χ2v) is 3.72. The minimum atomic E-state index is -1.17. The average Bonchev–Trinajstić information content (AvgIpc) is 2.38. The number of aliphatic carboxylic acids is 1. The summed E-state index contributed by atoms with van der Waals surface area (Å²) in [6.45, 7) is 0.366. The Bertz CT molecular complexity index is 388. The molecule has 0 bridgehead atoms. The van der Waals surface area contributed by atoms with E-state index in [2.05, 4.69) is 4.74 Å². The lowest BCUT2D eigenvalue weighted by atomic mass is 10.0. The quantitative estimate of drug-likeness (QED) is 0.454.